The molecule has 3 rings (SSSR count). The van der Waals surface area contributed by atoms with Crippen molar-refractivity contribution in [3.8, 4) is 11.5 Å². The van der Waals surface area contributed by atoms with Crippen molar-refractivity contribution < 1.29 is 24.0 Å². The summed E-state index contributed by atoms with van der Waals surface area (Å²) in [5, 5.41) is 2.74. The molecule has 0 bridgehead atoms. The Morgan fingerprint density at radius 3 is 2.20 bits per heavy atom. The Balaban J connectivity index is 1.49. The third kappa shape index (κ3) is 5.73. The van der Waals surface area contributed by atoms with Gasteiger partial charge in [-0.25, -0.2) is 0 Å². The molecule has 0 aromatic heterocycles. The summed E-state index contributed by atoms with van der Waals surface area (Å²) in [5.74, 6) is 1.52. The van der Waals surface area contributed by atoms with Gasteiger partial charge in [-0.05, 0) is 35.9 Å². The standard InChI is InChI=1S/C23H29N3O4/c1-17(27)24-20-7-4-18(5-8-20)15-23(28)26-12-10-25(11-13-26)16-19-6-9-21(29-2)22(14-19)30-3/h4-9,14H,10-13,15-16H2,1-3H3,(H,24,27)/p+1. The smallest absolute Gasteiger partial charge is 0.227 e. The fraction of sp³-hybridized carbons (Fsp3) is 0.391. The highest BCUT2D eigenvalue weighted by atomic mass is 16.5. The molecule has 0 unspecified atom stereocenters. The number of hydrogen-bond donors (Lipinski definition) is 2. The number of rotatable bonds is 7. The maximum Gasteiger partial charge on any atom is 0.227 e. The van der Waals surface area contributed by atoms with Crippen LogP contribution in [-0.4, -0.2) is 57.1 Å². The number of anilines is 1. The fourth-order valence-corrected chi connectivity index (χ4v) is 3.72. The molecule has 2 N–H and O–H groups in total. The van der Waals surface area contributed by atoms with Crippen molar-refractivity contribution in [3.63, 3.8) is 0 Å². The van der Waals surface area contributed by atoms with Gasteiger partial charge in [-0.2, -0.15) is 0 Å². The van der Waals surface area contributed by atoms with E-state index in [0.29, 0.717) is 6.42 Å². The van der Waals surface area contributed by atoms with E-state index in [-0.39, 0.29) is 11.8 Å². The van der Waals surface area contributed by atoms with Crippen molar-refractivity contribution in [2.24, 2.45) is 0 Å². The van der Waals surface area contributed by atoms with E-state index >= 15 is 0 Å². The minimum absolute atomic E-state index is 0.104. The van der Waals surface area contributed by atoms with Gasteiger partial charge in [-0.3, -0.25) is 9.59 Å². The van der Waals surface area contributed by atoms with Crippen molar-refractivity contribution in [3.05, 3.63) is 53.6 Å². The van der Waals surface area contributed by atoms with Crippen molar-refractivity contribution in [1.82, 2.24) is 4.90 Å². The number of carbonyl (C=O) groups is 2. The van der Waals surface area contributed by atoms with Gasteiger partial charge in [0.1, 0.15) is 6.54 Å². The summed E-state index contributed by atoms with van der Waals surface area (Å²) >= 11 is 0. The lowest BCUT2D eigenvalue weighted by Crippen LogP contribution is -3.13. The van der Waals surface area contributed by atoms with Crippen molar-refractivity contribution in [2.45, 2.75) is 19.9 Å². The quantitative estimate of drug-likeness (QED) is 0.715. The van der Waals surface area contributed by atoms with E-state index in [9.17, 15) is 9.59 Å². The summed E-state index contributed by atoms with van der Waals surface area (Å²) in [4.78, 5) is 27.2. The molecule has 30 heavy (non-hydrogen) atoms. The number of hydrogen-bond acceptors (Lipinski definition) is 4. The van der Waals surface area contributed by atoms with Gasteiger partial charge in [0.05, 0.1) is 46.8 Å². The SMILES string of the molecule is COc1ccc(C[NH+]2CCN(C(=O)Cc3ccc(NC(C)=O)cc3)CC2)cc1OC. The molecule has 1 heterocycles. The van der Waals surface area contributed by atoms with E-state index in [1.807, 2.05) is 41.3 Å². The predicted octanol–water partition coefficient (Wildman–Crippen LogP) is 1.13. The van der Waals surface area contributed by atoms with Crippen molar-refractivity contribution in [1.29, 1.82) is 0 Å². The molecular formula is C23H30N3O4+. The van der Waals surface area contributed by atoms with Gasteiger partial charge >= 0.3 is 0 Å². The molecule has 7 nitrogen and oxygen atoms in total. The molecule has 0 saturated carbocycles. The molecule has 2 amide bonds. The molecular weight excluding hydrogens is 382 g/mol. The highest BCUT2D eigenvalue weighted by Crippen LogP contribution is 2.27. The number of quaternary nitrogens is 1. The van der Waals surface area contributed by atoms with Gasteiger partial charge in [-0.15, -0.1) is 0 Å². The molecule has 0 radical (unpaired) electrons. The maximum absolute atomic E-state index is 12.7. The highest BCUT2D eigenvalue weighted by molar-refractivity contribution is 5.88. The van der Waals surface area contributed by atoms with Crippen LogP contribution < -0.4 is 19.7 Å². The summed E-state index contributed by atoms with van der Waals surface area (Å²) in [7, 11) is 3.28. The highest BCUT2D eigenvalue weighted by Gasteiger charge is 2.24. The van der Waals surface area contributed by atoms with Crippen LogP contribution in [0.15, 0.2) is 42.5 Å². The molecule has 1 fully saturated rings. The number of nitrogens with zero attached hydrogens (tertiary/aromatic N) is 1. The number of carbonyl (C=O) groups excluding carboxylic acids is 2. The van der Waals surface area contributed by atoms with Crippen LogP contribution >= 0.6 is 0 Å². The zero-order valence-corrected chi connectivity index (χ0v) is 17.9. The maximum atomic E-state index is 12.7. The molecule has 1 aliphatic rings. The molecule has 0 aliphatic carbocycles. The third-order valence-electron chi connectivity index (χ3n) is 5.35. The summed E-state index contributed by atoms with van der Waals surface area (Å²) in [6, 6.07) is 13.5. The van der Waals surface area contributed by atoms with Crippen LogP contribution in [0.5, 0.6) is 11.5 Å². The Bertz CT molecular complexity index is 875. The predicted molar refractivity (Wildman–Crippen MR) is 115 cm³/mol. The van der Waals surface area contributed by atoms with E-state index in [2.05, 4.69) is 11.4 Å². The lowest BCUT2D eigenvalue weighted by atomic mass is 10.1. The number of nitrogens with one attached hydrogen (secondary N) is 2. The van der Waals surface area contributed by atoms with Crippen LogP contribution in [0.25, 0.3) is 0 Å². The van der Waals surface area contributed by atoms with Crippen molar-refractivity contribution >= 4 is 17.5 Å². The number of methoxy groups -OCH3 is 2. The first-order chi connectivity index (χ1) is 14.5. The lowest BCUT2D eigenvalue weighted by molar-refractivity contribution is -0.917. The van der Waals surface area contributed by atoms with Crippen LogP contribution in [0.2, 0.25) is 0 Å². The average molecular weight is 413 g/mol. The molecule has 2 aromatic carbocycles. The number of piperazine rings is 1. The molecule has 1 aliphatic heterocycles. The number of ether oxygens (including phenoxy) is 2. The number of amides is 2. The Kier molecular flexibility index (Phi) is 7.30. The van der Waals surface area contributed by atoms with Crippen LogP contribution in [-0.2, 0) is 22.6 Å². The first-order valence-electron chi connectivity index (χ1n) is 10.2. The zero-order chi connectivity index (χ0) is 21.5. The van der Waals surface area contributed by atoms with Gasteiger partial charge < -0.3 is 24.6 Å². The average Bonchev–Trinajstić information content (AvgIpc) is 2.75. The summed E-state index contributed by atoms with van der Waals surface area (Å²) in [6.07, 6.45) is 0.380. The second-order valence-electron chi connectivity index (χ2n) is 7.55. The summed E-state index contributed by atoms with van der Waals surface area (Å²) in [5.41, 5.74) is 2.89. The molecule has 160 valence electrons. The molecule has 2 aromatic rings. The third-order valence-corrected chi connectivity index (χ3v) is 5.35. The van der Waals surface area contributed by atoms with Crippen LogP contribution in [0.3, 0.4) is 0 Å². The van der Waals surface area contributed by atoms with E-state index in [1.54, 1.807) is 14.2 Å². The first kappa shape index (κ1) is 21.6. The topological polar surface area (TPSA) is 72.3 Å². The monoisotopic (exact) mass is 412 g/mol. The van der Waals surface area contributed by atoms with Crippen LogP contribution in [0.1, 0.15) is 18.1 Å². The number of benzene rings is 2. The fourth-order valence-electron chi connectivity index (χ4n) is 3.72. The van der Waals surface area contributed by atoms with E-state index < -0.39 is 0 Å². The van der Waals surface area contributed by atoms with Gasteiger partial charge in [-0.1, -0.05) is 12.1 Å². The largest absolute Gasteiger partial charge is 0.493 e. The van der Waals surface area contributed by atoms with Crippen molar-refractivity contribution in [2.75, 3.05) is 45.7 Å². The van der Waals surface area contributed by atoms with E-state index in [4.69, 9.17) is 9.47 Å². The molecule has 7 heteroatoms. The normalized spacial score (nSPS) is 14.3. The second kappa shape index (κ2) is 10.1. The Hall–Kier alpha value is -3.06. The van der Waals surface area contributed by atoms with Gasteiger partial charge in [0.15, 0.2) is 11.5 Å². The zero-order valence-electron chi connectivity index (χ0n) is 17.9. The molecule has 0 atom stereocenters. The lowest BCUT2D eigenvalue weighted by Gasteiger charge is -2.32. The minimum Gasteiger partial charge on any atom is -0.493 e. The Morgan fingerprint density at radius 2 is 1.60 bits per heavy atom. The van der Waals surface area contributed by atoms with E-state index in [1.165, 1.54) is 17.4 Å². The van der Waals surface area contributed by atoms with Gasteiger partial charge in [0.2, 0.25) is 11.8 Å². The van der Waals surface area contributed by atoms with E-state index in [0.717, 1.165) is 55.5 Å². The second-order valence-corrected chi connectivity index (χ2v) is 7.55. The van der Waals surface area contributed by atoms with Gasteiger partial charge in [0, 0.05) is 18.2 Å². The summed E-state index contributed by atoms with van der Waals surface area (Å²) in [6.45, 7) is 5.72. The van der Waals surface area contributed by atoms with Gasteiger partial charge in [0.25, 0.3) is 0 Å². The summed E-state index contributed by atoms with van der Waals surface area (Å²) < 4.78 is 10.7. The van der Waals surface area contributed by atoms with Crippen LogP contribution in [0.4, 0.5) is 5.69 Å². The Morgan fingerprint density at radius 1 is 0.967 bits per heavy atom. The first-order valence-corrected chi connectivity index (χ1v) is 10.2. The molecule has 1 saturated heterocycles. The molecule has 0 spiro atoms. The minimum atomic E-state index is -0.104. The Labute approximate surface area is 177 Å². The van der Waals surface area contributed by atoms with Crippen LogP contribution in [0, 0.1) is 0 Å².